The Balaban J connectivity index is 1.68. The summed E-state index contributed by atoms with van der Waals surface area (Å²) in [7, 11) is 0. The number of rotatable bonds is 7. The Labute approximate surface area is 219 Å². The van der Waals surface area contributed by atoms with E-state index in [2.05, 4.69) is 32.9 Å². The molecule has 0 amide bonds. The molecule has 5 unspecified atom stereocenters. The average Bonchev–Trinajstić information content (AvgIpc) is 3.18. The molecule has 0 aromatic carbocycles. The van der Waals surface area contributed by atoms with Crippen molar-refractivity contribution in [3.63, 3.8) is 0 Å². The quantitative estimate of drug-likeness (QED) is 0.229. The van der Waals surface area contributed by atoms with Gasteiger partial charge < -0.3 is 29.9 Å². The zero-order valence-electron chi connectivity index (χ0n) is 22.5. The molecule has 0 heterocycles. The summed E-state index contributed by atoms with van der Waals surface area (Å²) >= 11 is 0. The fraction of sp³-hybridized carbons (Fsp3) is 0.724. The first kappa shape index (κ1) is 28.0. The first-order valence-corrected chi connectivity index (χ1v) is 13.5. The Morgan fingerprint density at radius 3 is 2.30 bits per heavy atom. The van der Waals surface area contributed by atoms with Gasteiger partial charge in [-0.05, 0) is 71.8 Å². The second-order valence-electron chi connectivity index (χ2n) is 11.8. The molecule has 4 aliphatic carbocycles. The molecule has 0 spiro atoms. The highest BCUT2D eigenvalue weighted by atomic mass is 16.6. The fourth-order valence-electron chi connectivity index (χ4n) is 8.04. The van der Waals surface area contributed by atoms with Crippen molar-refractivity contribution in [2.45, 2.75) is 97.9 Å². The van der Waals surface area contributed by atoms with Crippen LogP contribution >= 0.6 is 0 Å². The van der Waals surface area contributed by atoms with Crippen LogP contribution in [0, 0.1) is 34.5 Å². The zero-order valence-corrected chi connectivity index (χ0v) is 22.5. The van der Waals surface area contributed by atoms with E-state index in [0.29, 0.717) is 30.3 Å². The summed E-state index contributed by atoms with van der Waals surface area (Å²) in [5.74, 6) is -0.764. The van der Waals surface area contributed by atoms with Gasteiger partial charge in [0.05, 0.1) is 0 Å². The molecule has 0 aromatic heterocycles. The smallest absolute Gasteiger partial charge is 0.305 e. The minimum atomic E-state index is -1.61. The van der Waals surface area contributed by atoms with Gasteiger partial charge in [0.25, 0.3) is 0 Å². The summed E-state index contributed by atoms with van der Waals surface area (Å²) < 4.78 is 9.82. The van der Waals surface area contributed by atoms with Gasteiger partial charge in [-0.1, -0.05) is 51.0 Å². The van der Waals surface area contributed by atoms with E-state index < -0.39 is 36.7 Å². The number of carbonyl (C=O) groups is 2. The van der Waals surface area contributed by atoms with Gasteiger partial charge in [-0.2, -0.15) is 0 Å². The third kappa shape index (κ3) is 4.71. The van der Waals surface area contributed by atoms with E-state index in [1.165, 1.54) is 19.4 Å². The molecule has 37 heavy (non-hydrogen) atoms. The maximum Gasteiger partial charge on any atom is 0.305 e. The summed E-state index contributed by atoms with van der Waals surface area (Å²) in [5.41, 5.74) is 2.50. The zero-order chi connectivity index (χ0) is 27.3. The van der Waals surface area contributed by atoms with Crippen LogP contribution in [0.25, 0.3) is 0 Å². The van der Waals surface area contributed by atoms with Gasteiger partial charge in [0.2, 0.25) is 12.6 Å². The summed E-state index contributed by atoms with van der Waals surface area (Å²) in [6.45, 7) is 9.00. The number of esters is 2. The molecule has 0 aliphatic heterocycles. The van der Waals surface area contributed by atoms with Crippen molar-refractivity contribution in [3.8, 4) is 0 Å². The number of hydrogen-bond donors (Lipinski definition) is 4. The van der Waals surface area contributed by atoms with Crippen LogP contribution in [0.15, 0.2) is 34.9 Å². The number of aliphatic hydroxyl groups is 4. The highest BCUT2D eigenvalue weighted by molar-refractivity contribution is 5.66. The summed E-state index contributed by atoms with van der Waals surface area (Å²) in [6, 6.07) is 0. The minimum Gasteiger partial charge on any atom is -0.433 e. The molecule has 8 nitrogen and oxygen atoms in total. The molecule has 10 atom stereocenters. The minimum absolute atomic E-state index is 0.181. The van der Waals surface area contributed by atoms with E-state index in [1.54, 1.807) is 0 Å². The molecule has 4 rings (SSSR count). The van der Waals surface area contributed by atoms with Gasteiger partial charge >= 0.3 is 11.9 Å². The Morgan fingerprint density at radius 2 is 1.68 bits per heavy atom. The van der Waals surface area contributed by atoms with Crippen LogP contribution < -0.4 is 0 Å². The third-order valence-electron chi connectivity index (χ3n) is 10.0. The van der Waals surface area contributed by atoms with E-state index in [0.717, 1.165) is 31.3 Å². The normalized spacial score (nSPS) is 37.9. The Bertz CT molecular complexity index is 1010. The number of fused-ring (bicyclic) bond motifs is 5. The van der Waals surface area contributed by atoms with E-state index in [9.17, 15) is 30.0 Å². The van der Waals surface area contributed by atoms with Crippen molar-refractivity contribution >= 4 is 11.9 Å². The molecule has 4 aliphatic rings. The molecule has 0 saturated heterocycles. The standard InChI is InChI=1S/C29H42O8/c1-6-18-8-10-21-20-9-7-19-13-17(24(32)26(34)36-15(2)30)11-12-28(19,4)22(20)14-23(29(18,21)5)25(33)27(35)37-16(3)31/h7,10,13,18,20,22-27,32-35H,6,8-9,11-12,14H2,1-5H3/t18-,20-,22-,23?,24?,25?,26?,27?,28-,29+/m0/s1. The van der Waals surface area contributed by atoms with Crippen molar-refractivity contribution < 1.29 is 39.5 Å². The lowest BCUT2D eigenvalue weighted by atomic mass is 9.45. The summed E-state index contributed by atoms with van der Waals surface area (Å²) in [4.78, 5) is 22.8. The molecular formula is C29H42O8. The first-order chi connectivity index (χ1) is 17.3. The van der Waals surface area contributed by atoms with Crippen molar-refractivity contribution in [3.05, 3.63) is 34.9 Å². The SMILES string of the molecule is CC[C@H]1CC=C2[C@@H]3CC=C4C=C(C(O)C(O)OC(C)=O)CC[C@]4(C)[C@H]3CC(C(O)C(O)OC(C)=O)[C@@]21C. The largest absolute Gasteiger partial charge is 0.433 e. The lowest BCUT2D eigenvalue weighted by Crippen LogP contribution is -2.55. The van der Waals surface area contributed by atoms with Crippen LogP contribution in [-0.2, 0) is 19.1 Å². The van der Waals surface area contributed by atoms with Gasteiger partial charge in [-0.3, -0.25) is 9.59 Å². The van der Waals surface area contributed by atoms with Crippen molar-refractivity contribution in [2.24, 2.45) is 34.5 Å². The molecule has 206 valence electrons. The van der Waals surface area contributed by atoms with E-state index in [-0.39, 0.29) is 22.7 Å². The molecule has 8 heteroatoms. The van der Waals surface area contributed by atoms with E-state index in [1.807, 2.05) is 6.08 Å². The predicted molar refractivity (Wildman–Crippen MR) is 135 cm³/mol. The Kier molecular flexibility index (Phi) is 7.79. The predicted octanol–water partition coefficient (Wildman–Crippen LogP) is 3.14. The van der Waals surface area contributed by atoms with Gasteiger partial charge in [0.15, 0.2) is 0 Å². The molecule has 0 bridgehead atoms. The Morgan fingerprint density at radius 1 is 1.03 bits per heavy atom. The molecule has 0 radical (unpaired) electrons. The number of hydrogen-bond acceptors (Lipinski definition) is 8. The average molecular weight is 519 g/mol. The third-order valence-corrected chi connectivity index (χ3v) is 10.0. The van der Waals surface area contributed by atoms with E-state index >= 15 is 0 Å². The highest BCUT2D eigenvalue weighted by Crippen LogP contribution is 2.67. The second-order valence-corrected chi connectivity index (χ2v) is 11.8. The van der Waals surface area contributed by atoms with Crippen molar-refractivity contribution in [2.75, 3.05) is 0 Å². The van der Waals surface area contributed by atoms with Crippen molar-refractivity contribution in [1.29, 1.82) is 0 Å². The van der Waals surface area contributed by atoms with E-state index in [4.69, 9.17) is 9.47 Å². The van der Waals surface area contributed by atoms with Crippen LogP contribution in [0.5, 0.6) is 0 Å². The second kappa shape index (κ2) is 10.3. The van der Waals surface area contributed by atoms with Crippen LogP contribution in [-0.4, -0.2) is 57.2 Å². The van der Waals surface area contributed by atoms with Crippen LogP contribution in [0.1, 0.15) is 73.1 Å². The van der Waals surface area contributed by atoms with Crippen molar-refractivity contribution in [1.82, 2.24) is 0 Å². The summed E-state index contributed by atoms with van der Waals surface area (Å²) in [5, 5.41) is 42.7. The molecule has 1 saturated carbocycles. The molecule has 4 N–H and O–H groups in total. The van der Waals surface area contributed by atoms with Gasteiger partial charge in [0, 0.05) is 19.8 Å². The lowest BCUT2D eigenvalue weighted by molar-refractivity contribution is -0.203. The van der Waals surface area contributed by atoms with Crippen LogP contribution in [0.3, 0.4) is 0 Å². The van der Waals surface area contributed by atoms with Crippen LogP contribution in [0.4, 0.5) is 0 Å². The molecule has 1 fully saturated rings. The summed E-state index contributed by atoms with van der Waals surface area (Å²) in [6.07, 6.45) is 5.45. The molecular weight excluding hydrogens is 476 g/mol. The number of carbonyl (C=O) groups excluding carboxylic acids is 2. The van der Waals surface area contributed by atoms with Gasteiger partial charge in [-0.25, -0.2) is 0 Å². The number of aliphatic hydroxyl groups excluding tert-OH is 4. The van der Waals surface area contributed by atoms with Gasteiger partial charge in [-0.15, -0.1) is 0 Å². The Hall–Kier alpha value is -2.00. The number of allylic oxidation sites excluding steroid dienone is 5. The lowest BCUT2D eigenvalue weighted by Gasteiger charge is -2.59. The van der Waals surface area contributed by atoms with Crippen LogP contribution in [0.2, 0.25) is 0 Å². The maximum absolute atomic E-state index is 11.5. The fourth-order valence-corrected chi connectivity index (χ4v) is 8.04. The highest BCUT2D eigenvalue weighted by Gasteiger charge is 2.60. The molecule has 0 aromatic rings. The maximum atomic E-state index is 11.5. The topological polar surface area (TPSA) is 134 Å². The number of ether oxygens (including phenoxy) is 2. The first-order valence-electron chi connectivity index (χ1n) is 13.5. The van der Waals surface area contributed by atoms with Gasteiger partial charge in [0.1, 0.15) is 12.2 Å². The monoisotopic (exact) mass is 518 g/mol.